The maximum absolute atomic E-state index is 11.7. The van der Waals surface area contributed by atoms with Crippen molar-refractivity contribution in [2.75, 3.05) is 5.32 Å². The van der Waals surface area contributed by atoms with E-state index in [0.29, 0.717) is 5.69 Å². The lowest BCUT2D eigenvalue weighted by molar-refractivity contribution is 0.0690. The molecule has 6 nitrogen and oxygen atoms in total. The molecular weight excluding hydrogens is 246 g/mol. The molecule has 0 radical (unpaired) electrons. The van der Waals surface area contributed by atoms with Crippen LogP contribution in [0.1, 0.15) is 29.8 Å². The van der Waals surface area contributed by atoms with Gasteiger partial charge in [0, 0.05) is 6.04 Å². The Bertz CT molecular complexity index is 496. The van der Waals surface area contributed by atoms with Crippen LogP contribution in [0.15, 0.2) is 30.5 Å². The number of carboxylic acid groups (broad SMARTS) is 1. The molecule has 100 valence electrons. The number of allylic oxidation sites excluding steroid dienone is 1. The second-order valence-electron chi connectivity index (χ2n) is 4.32. The van der Waals surface area contributed by atoms with E-state index in [1.807, 2.05) is 0 Å². The first-order chi connectivity index (χ1) is 9.15. The Morgan fingerprint density at radius 1 is 1.32 bits per heavy atom. The van der Waals surface area contributed by atoms with Gasteiger partial charge in [0.15, 0.2) is 0 Å². The molecule has 1 atom stereocenters. The number of aromatic carboxylic acids is 1. The SMILES string of the molecule is O=C(Nc1ccc(C(=O)O)nc1)NC1CC=CCC1. The Hall–Kier alpha value is -2.37. The van der Waals surface area contributed by atoms with Gasteiger partial charge in [0.25, 0.3) is 0 Å². The standard InChI is InChI=1S/C13H15N3O3/c17-12(18)11-7-6-10(8-14-11)16-13(19)15-9-4-2-1-3-5-9/h1-2,6-9H,3-5H2,(H,17,18)(H2,15,16,19). The molecule has 1 aromatic rings. The largest absolute Gasteiger partial charge is 0.477 e. The minimum Gasteiger partial charge on any atom is -0.477 e. The van der Waals surface area contributed by atoms with Crippen molar-refractivity contribution in [1.82, 2.24) is 10.3 Å². The number of nitrogens with zero attached hydrogens (tertiary/aromatic N) is 1. The summed E-state index contributed by atoms with van der Waals surface area (Å²) < 4.78 is 0. The number of urea groups is 1. The smallest absolute Gasteiger partial charge is 0.354 e. The first-order valence-electron chi connectivity index (χ1n) is 6.07. The number of aromatic nitrogens is 1. The maximum Gasteiger partial charge on any atom is 0.354 e. The maximum atomic E-state index is 11.7. The molecular formula is C13H15N3O3. The van der Waals surface area contributed by atoms with Crippen molar-refractivity contribution in [3.8, 4) is 0 Å². The lowest BCUT2D eigenvalue weighted by atomic mass is 10.0. The van der Waals surface area contributed by atoms with Crippen molar-refractivity contribution in [2.24, 2.45) is 0 Å². The molecule has 0 spiro atoms. The van der Waals surface area contributed by atoms with E-state index < -0.39 is 5.97 Å². The van der Waals surface area contributed by atoms with Crippen molar-refractivity contribution in [3.05, 3.63) is 36.2 Å². The van der Waals surface area contributed by atoms with Crippen molar-refractivity contribution in [3.63, 3.8) is 0 Å². The molecule has 3 N–H and O–H groups in total. The van der Waals surface area contributed by atoms with Crippen LogP contribution in [-0.4, -0.2) is 28.1 Å². The van der Waals surface area contributed by atoms with Gasteiger partial charge in [0.1, 0.15) is 5.69 Å². The van der Waals surface area contributed by atoms with Crippen LogP contribution < -0.4 is 10.6 Å². The van der Waals surface area contributed by atoms with E-state index in [1.54, 1.807) is 0 Å². The highest BCUT2D eigenvalue weighted by Gasteiger charge is 2.13. The molecule has 1 unspecified atom stereocenters. The molecule has 0 fully saturated rings. The summed E-state index contributed by atoms with van der Waals surface area (Å²) in [5, 5.41) is 14.2. The van der Waals surface area contributed by atoms with E-state index in [0.717, 1.165) is 19.3 Å². The molecule has 2 amide bonds. The highest BCUT2D eigenvalue weighted by atomic mass is 16.4. The Morgan fingerprint density at radius 2 is 2.16 bits per heavy atom. The highest BCUT2D eigenvalue weighted by molar-refractivity contribution is 5.90. The Balaban J connectivity index is 1.87. The number of anilines is 1. The number of carboxylic acids is 1. The van der Waals surface area contributed by atoms with E-state index in [-0.39, 0.29) is 17.8 Å². The van der Waals surface area contributed by atoms with E-state index >= 15 is 0 Å². The fourth-order valence-corrected chi connectivity index (χ4v) is 1.87. The summed E-state index contributed by atoms with van der Waals surface area (Å²) in [5.74, 6) is -1.09. The van der Waals surface area contributed by atoms with Gasteiger partial charge >= 0.3 is 12.0 Å². The fraction of sp³-hybridized carbons (Fsp3) is 0.308. The molecule has 6 heteroatoms. The average Bonchev–Trinajstić information content (AvgIpc) is 2.40. The lowest BCUT2D eigenvalue weighted by Gasteiger charge is -2.19. The third-order valence-electron chi connectivity index (χ3n) is 2.84. The molecule has 1 aliphatic carbocycles. The fourth-order valence-electron chi connectivity index (χ4n) is 1.87. The van der Waals surface area contributed by atoms with Gasteiger partial charge in [-0.15, -0.1) is 0 Å². The number of hydrogen-bond acceptors (Lipinski definition) is 3. The van der Waals surface area contributed by atoms with Crippen LogP contribution in [0.5, 0.6) is 0 Å². The monoisotopic (exact) mass is 261 g/mol. The molecule has 0 aliphatic heterocycles. The first kappa shape index (κ1) is 13.1. The average molecular weight is 261 g/mol. The van der Waals surface area contributed by atoms with Crippen molar-refractivity contribution in [2.45, 2.75) is 25.3 Å². The number of nitrogens with one attached hydrogen (secondary N) is 2. The van der Waals surface area contributed by atoms with Crippen LogP contribution in [-0.2, 0) is 0 Å². The molecule has 1 aliphatic rings. The number of amides is 2. The van der Waals surface area contributed by atoms with Crippen LogP contribution in [0.4, 0.5) is 10.5 Å². The summed E-state index contributed by atoms with van der Waals surface area (Å²) >= 11 is 0. The summed E-state index contributed by atoms with van der Waals surface area (Å²) in [7, 11) is 0. The van der Waals surface area contributed by atoms with Gasteiger partial charge in [0.05, 0.1) is 11.9 Å². The predicted octanol–water partition coefficient (Wildman–Crippen LogP) is 2.01. The quantitative estimate of drug-likeness (QED) is 0.726. The van der Waals surface area contributed by atoms with Gasteiger partial charge in [-0.05, 0) is 31.4 Å². The van der Waals surface area contributed by atoms with Crippen LogP contribution in [0.25, 0.3) is 0 Å². The second kappa shape index (κ2) is 5.99. The molecule has 0 bridgehead atoms. The van der Waals surface area contributed by atoms with E-state index in [1.165, 1.54) is 18.3 Å². The number of carbonyl (C=O) groups is 2. The minimum atomic E-state index is -1.09. The van der Waals surface area contributed by atoms with E-state index in [9.17, 15) is 9.59 Å². The molecule has 2 rings (SSSR count). The number of carbonyl (C=O) groups excluding carboxylic acids is 1. The lowest BCUT2D eigenvalue weighted by Crippen LogP contribution is -2.38. The summed E-state index contributed by atoms with van der Waals surface area (Å²) in [6, 6.07) is 2.71. The summed E-state index contributed by atoms with van der Waals surface area (Å²) in [5.41, 5.74) is 0.414. The normalized spacial score (nSPS) is 17.8. The number of hydrogen-bond donors (Lipinski definition) is 3. The van der Waals surface area contributed by atoms with Crippen LogP contribution in [0, 0.1) is 0 Å². The number of pyridine rings is 1. The Morgan fingerprint density at radius 3 is 2.74 bits per heavy atom. The van der Waals surface area contributed by atoms with Gasteiger partial charge in [0.2, 0.25) is 0 Å². The van der Waals surface area contributed by atoms with Crippen LogP contribution in [0.2, 0.25) is 0 Å². The van der Waals surface area contributed by atoms with Crippen molar-refractivity contribution < 1.29 is 14.7 Å². The van der Waals surface area contributed by atoms with Gasteiger partial charge < -0.3 is 15.7 Å². The molecule has 19 heavy (non-hydrogen) atoms. The van der Waals surface area contributed by atoms with Crippen LogP contribution in [0.3, 0.4) is 0 Å². The summed E-state index contributed by atoms with van der Waals surface area (Å²) in [6.45, 7) is 0. The summed E-state index contributed by atoms with van der Waals surface area (Å²) in [4.78, 5) is 26.1. The molecule has 0 aromatic carbocycles. The predicted molar refractivity (Wildman–Crippen MR) is 70.1 cm³/mol. The third kappa shape index (κ3) is 3.80. The zero-order valence-corrected chi connectivity index (χ0v) is 10.3. The van der Waals surface area contributed by atoms with Crippen LogP contribution >= 0.6 is 0 Å². The van der Waals surface area contributed by atoms with Crippen molar-refractivity contribution in [1.29, 1.82) is 0 Å². The zero-order chi connectivity index (χ0) is 13.7. The van der Waals surface area contributed by atoms with Gasteiger partial charge in [-0.25, -0.2) is 14.6 Å². The van der Waals surface area contributed by atoms with Crippen molar-refractivity contribution >= 4 is 17.7 Å². The molecule has 0 saturated carbocycles. The zero-order valence-electron chi connectivity index (χ0n) is 10.3. The highest BCUT2D eigenvalue weighted by Crippen LogP contribution is 2.11. The topological polar surface area (TPSA) is 91.3 Å². The molecule has 1 heterocycles. The first-order valence-corrected chi connectivity index (χ1v) is 6.07. The molecule has 1 aromatic heterocycles. The second-order valence-corrected chi connectivity index (χ2v) is 4.32. The van der Waals surface area contributed by atoms with Gasteiger partial charge in [-0.2, -0.15) is 0 Å². The third-order valence-corrected chi connectivity index (χ3v) is 2.84. The van der Waals surface area contributed by atoms with E-state index in [4.69, 9.17) is 5.11 Å². The Labute approximate surface area is 110 Å². The van der Waals surface area contributed by atoms with Gasteiger partial charge in [-0.3, -0.25) is 0 Å². The molecule has 0 saturated heterocycles. The number of rotatable bonds is 3. The Kier molecular flexibility index (Phi) is 4.12. The van der Waals surface area contributed by atoms with Gasteiger partial charge in [-0.1, -0.05) is 12.2 Å². The summed E-state index contributed by atoms with van der Waals surface area (Å²) in [6.07, 6.45) is 8.22. The minimum absolute atomic E-state index is 0.0524. The van der Waals surface area contributed by atoms with E-state index in [2.05, 4.69) is 27.8 Å².